The number of amides is 1. The lowest BCUT2D eigenvalue weighted by atomic mass is 10.1. The maximum Gasteiger partial charge on any atom is 0.232 e. The van der Waals surface area contributed by atoms with Crippen molar-refractivity contribution in [3.8, 4) is 17.3 Å². The molecule has 4 rings (SSSR count). The summed E-state index contributed by atoms with van der Waals surface area (Å²) in [6.07, 6.45) is 2.02. The predicted octanol–water partition coefficient (Wildman–Crippen LogP) is 2.66. The number of methoxy groups -OCH3 is 1. The highest BCUT2D eigenvalue weighted by Crippen LogP contribution is 2.32. The molecule has 0 aliphatic carbocycles. The summed E-state index contributed by atoms with van der Waals surface area (Å²) in [4.78, 5) is 22.7. The Morgan fingerprint density at radius 2 is 2.04 bits per heavy atom. The third-order valence-corrected chi connectivity index (χ3v) is 4.19. The van der Waals surface area contributed by atoms with Gasteiger partial charge in [0.2, 0.25) is 17.6 Å². The van der Waals surface area contributed by atoms with Gasteiger partial charge in [0.1, 0.15) is 11.4 Å². The fourth-order valence-corrected chi connectivity index (χ4v) is 2.88. The number of benzene rings is 1. The van der Waals surface area contributed by atoms with Gasteiger partial charge in [-0.15, -0.1) is 0 Å². The first-order valence-electron chi connectivity index (χ1n) is 7.94. The van der Waals surface area contributed by atoms with E-state index in [0.717, 1.165) is 11.4 Å². The minimum atomic E-state index is -0.125. The molecule has 1 saturated heterocycles. The van der Waals surface area contributed by atoms with E-state index in [-0.39, 0.29) is 11.8 Å². The van der Waals surface area contributed by atoms with Crippen molar-refractivity contribution in [2.75, 3.05) is 18.6 Å². The van der Waals surface area contributed by atoms with Crippen LogP contribution in [0.2, 0.25) is 0 Å². The Kier molecular flexibility index (Phi) is 3.89. The van der Waals surface area contributed by atoms with Gasteiger partial charge in [0.25, 0.3) is 0 Å². The molecule has 25 heavy (non-hydrogen) atoms. The van der Waals surface area contributed by atoms with Crippen molar-refractivity contribution in [1.29, 1.82) is 0 Å². The summed E-state index contributed by atoms with van der Waals surface area (Å²) in [5.74, 6) is 1.56. The van der Waals surface area contributed by atoms with Crippen molar-refractivity contribution < 1.29 is 14.1 Å². The van der Waals surface area contributed by atoms with E-state index in [9.17, 15) is 4.79 Å². The number of ether oxygens (including phenoxy) is 1. The van der Waals surface area contributed by atoms with Gasteiger partial charge < -0.3 is 14.2 Å². The fourth-order valence-electron chi connectivity index (χ4n) is 2.88. The molecule has 0 radical (unpaired) electrons. The lowest BCUT2D eigenvalue weighted by Gasteiger charge is -2.16. The number of anilines is 1. The van der Waals surface area contributed by atoms with Crippen LogP contribution in [-0.2, 0) is 4.79 Å². The molecule has 3 heterocycles. The molecule has 0 N–H and O–H groups in total. The van der Waals surface area contributed by atoms with Crippen LogP contribution in [0.1, 0.15) is 18.2 Å². The van der Waals surface area contributed by atoms with Crippen LogP contribution in [0.15, 0.2) is 53.2 Å². The van der Waals surface area contributed by atoms with Gasteiger partial charge in [-0.1, -0.05) is 11.2 Å². The Balaban J connectivity index is 1.53. The highest BCUT2D eigenvalue weighted by molar-refractivity contribution is 5.96. The fraction of sp³-hybridized carbons (Fsp3) is 0.222. The topological polar surface area (TPSA) is 81.3 Å². The Morgan fingerprint density at radius 1 is 1.20 bits per heavy atom. The van der Waals surface area contributed by atoms with E-state index in [1.165, 1.54) is 0 Å². The van der Waals surface area contributed by atoms with Crippen LogP contribution in [0.5, 0.6) is 5.75 Å². The van der Waals surface area contributed by atoms with Crippen LogP contribution in [-0.4, -0.2) is 34.7 Å². The highest BCUT2D eigenvalue weighted by atomic mass is 16.5. The molecule has 1 aromatic carbocycles. The van der Waals surface area contributed by atoms with E-state index >= 15 is 0 Å². The van der Waals surface area contributed by atoms with Gasteiger partial charge >= 0.3 is 0 Å². The zero-order chi connectivity index (χ0) is 17.2. The third kappa shape index (κ3) is 2.96. The molecule has 126 valence electrons. The summed E-state index contributed by atoms with van der Waals surface area (Å²) in [6, 6.07) is 12.9. The minimum absolute atomic E-state index is 0.0350. The SMILES string of the molecule is COc1ccc(N2CC(c3nc(-c4ccccn4)no3)CC2=O)cc1. The van der Waals surface area contributed by atoms with Crippen LogP contribution >= 0.6 is 0 Å². The molecule has 1 atom stereocenters. The lowest BCUT2D eigenvalue weighted by molar-refractivity contribution is -0.117. The van der Waals surface area contributed by atoms with Crippen LogP contribution in [0, 0.1) is 0 Å². The van der Waals surface area contributed by atoms with Crippen LogP contribution in [0.4, 0.5) is 5.69 Å². The normalized spacial score (nSPS) is 17.1. The second-order valence-electron chi connectivity index (χ2n) is 5.77. The molecule has 1 aliphatic heterocycles. The van der Waals surface area contributed by atoms with Crippen molar-refractivity contribution in [3.63, 3.8) is 0 Å². The molecule has 1 fully saturated rings. The molecule has 1 amide bonds. The van der Waals surface area contributed by atoms with Crippen molar-refractivity contribution in [3.05, 3.63) is 54.6 Å². The molecule has 7 heteroatoms. The van der Waals surface area contributed by atoms with Crippen molar-refractivity contribution in [1.82, 2.24) is 15.1 Å². The van der Waals surface area contributed by atoms with E-state index < -0.39 is 0 Å². The summed E-state index contributed by atoms with van der Waals surface area (Å²) in [7, 11) is 1.61. The number of carbonyl (C=O) groups is 1. The van der Waals surface area contributed by atoms with Gasteiger partial charge in [-0.3, -0.25) is 9.78 Å². The molecule has 2 aromatic heterocycles. The quantitative estimate of drug-likeness (QED) is 0.728. The molecule has 7 nitrogen and oxygen atoms in total. The van der Waals surface area contributed by atoms with Crippen LogP contribution < -0.4 is 9.64 Å². The summed E-state index contributed by atoms with van der Waals surface area (Å²) in [5.41, 5.74) is 1.48. The van der Waals surface area contributed by atoms with Crippen molar-refractivity contribution in [2.24, 2.45) is 0 Å². The molecule has 1 aliphatic rings. The maximum absolute atomic E-state index is 12.4. The van der Waals surface area contributed by atoms with Crippen LogP contribution in [0.25, 0.3) is 11.5 Å². The largest absolute Gasteiger partial charge is 0.497 e. The smallest absolute Gasteiger partial charge is 0.232 e. The van der Waals surface area contributed by atoms with E-state index in [4.69, 9.17) is 9.26 Å². The third-order valence-electron chi connectivity index (χ3n) is 4.19. The lowest BCUT2D eigenvalue weighted by Crippen LogP contribution is -2.24. The number of hydrogen-bond acceptors (Lipinski definition) is 6. The number of aromatic nitrogens is 3. The van der Waals surface area contributed by atoms with Gasteiger partial charge in [0, 0.05) is 24.8 Å². The molecule has 0 spiro atoms. The number of pyridine rings is 1. The zero-order valence-corrected chi connectivity index (χ0v) is 13.6. The number of nitrogens with zero attached hydrogens (tertiary/aromatic N) is 4. The first-order valence-corrected chi connectivity index (χ1v) is 7.94. The van der Waals surface area contributed by atoms with E-state index in [1.807, 2.05) is 42.5 Å². The minimum Gasteiger partial charge on any atom is -0.497 e. The molecule has 3 aromatic rings. The Bertz CT molecular complexity index is 877. The Morgan fingerprint density at radius 3 is 2.76 bits per heavy atom. The van der Waals surface area contributed by atoms with Gasteiger partial charge in [-0.2, -0.15) is 4.98 Å². The second kappa shape index (κ2) is 6.35. The van der Waals surface area contributed by atoms with Crippen molar-refractivity contribution >= 4 is 11.6 Å². The average Bonchev–Trinajstić information content (AvgIpc) is 3.29. The number of rotatable bonds is 4. The second-order valence-corrected chi connectivity index (χ2v) is 5.77. The van der Waals surface area contributed by atoms with Gasteiger partial charge in [-0.05, 0) is 36.4 Å². The molecular formula is C18H16N4O3. The molecular weight excluding hydrogens is 320 g/mol. The maximum atomic E-state index is 12.4. The molecule has 0 bridgehead atoms. The molecule has 1 unspecified atom stereocenters. The van der Waals surface area contributed by atoms with Crippen molar-refractivity contribution in [2.45, 2.75) is 12.3 Å². The van der Waals surface area contributed by atoms with Gasteiger partial charge in [-0.25, -0.2) is 0 Å². The summed E-state index contributed by atoms with van der Waals surface area (Å²) >= 11 is 0. The Hall–Kier alpha value is -3.22. The predicted molar refractivity (Wildman–Crippen MR) is 90.2 cm³/mol. The first-order chi connectivity index (χ1) is 12.2. The van der Waals surface area contributed by atoms with Gasteiger partial charge in [0.15, 0.2) is 0 Å². The average molecular weight is 336 g/mol. The number of carbonyl (C=O) groups excluding carboxylic acids is 1. The summed E-state index contributed by atoms with van der Waals surface area (Å²) in [5, 5.41) is 3.98. The van der Waals surface area contributed by atoms with Gasteiger partial charge in [0.05, 0.1) is 13.0 Å². The van der Waals surface area contributed by atoms with Crippen LogP contribution in [0.3, 0.4) is 0 Å². The monoisotopic (exact) mass is 336 g/mol. The number of hydrogen-bond donors (Lipinski definition) is 0. The summed E-state index contributed by atoms with van der Waals surface area (Å²) < 4.78 is 10.5. The molecule has 0 saturated carbocycles. The van der Waals surface area contributed by atoms with E-state index in [0.29, 0.717) is 30.4 Å². The highest BCUT2D eigenvalue weighted by Gasteiger charge is 2.35. The van der Waals surface area contributed by atoms with E-state index in [1.54, 1.807) is 18.2 Å². The summed E-state index contributed by atoms with van der Waals surface area (Å²) in [6.45, 7) is 0.509. The zero-order valence-electron chi connectivity index (χ0n) is 13.6. The van der Waals surface area contributed by atoms with E-state index in [2.05, 4.69) is 15.1 Å². The first kappa shape index (κ1) is 15.3. The Labute approximate surface area is 144 Å². The standard InChI is InChI=1S/C18H16N4O3/c1-24-14-7-5-13(6-8-14)22-11-12(10-16(22)23)18-20-17(21-25-18)15-4-2-3-9-19-15/h2-9,12H,10-11H2,1H3.